The van der Waals surface area contributed by atoms with Gasteiger partial charge in [0.05, 0.1) is 6.42 Å². The molecule has 1 aliphatic heterocycles. The fourth-order valence-corrected chi connectivity index (χ4v) is 3.16. The lowest BCUT2D eigenvalue weighted by molar-refractivity contribution is -0.136. The van der Waals surface area contributed by atoms with Crippen molar-refractivity contribution in [1.82, 2.24) is 19.7 Å². The summed E-state index contributed by atoms with van der Waals surface area (Å²) in [7, 11) is 0. The topological polar surface area (TPSA) is 96.2 Å². The lowest BCUT2D eigenvalue weighted by atomic mass is 10.00. The molecule has 27 heavy (non-hydrogen) atoms. The first-order valence-corrected chi connectivity index (χ1v) is 8.85. The number of anilines is 2. The van der Waals surface area contributed by atoms with Crippen molar-refractivity contribution in [2.75, 3.05) is 23.3 Å². The van der Waals surface area contributed by atoms with Crippen molar-refractivity contribution in [3.63, 3.8) is 0 Å². The predicted octanol–water partition coefficient (Wildman–Crippen LogP) is 2.11. The molecule has 0 amide bonds. The van der Waals surface area contributed by atoms with Crippen LogP contribution in [0, 0.1) is 0 Å². The number of rotatable bonds is 6. The molecular formula is C19H20N6O2. The monoisotopic (exact) mass is 364 g/mol. The van der Waals surface area contributed by atoms with Crippen molar-refractivity contribution < 1.29 is 9.90 Å². The molecule has 0 bridgehead atoms. The molecule has 3 heterocycles. The van der Waals surface area contributed by atoms with E-state index in [9.17, 15) is 4.79 Å². The van der Waals surface area contributed by atoms with E-state index in [1.54, 1.807) is 10.9 Å². The third-order valence-corrected chi connectivity index (χ3v) is 4.51. The molecule has 0 spiro atoms. The van der Waals surface area contributed by atoms with Crippen LogP contribution in [0.3, 0.4) is 0 Å². The number of carboxylic acids is 1. The summed E-state index contributed by atoms with van der Waals surface area (Å²) in [5, 5.41) is 16.1. The first-order valence-electron chi connectivity index (χ1n) is 8.85. The first-order chi connectivity index (χ1) is 13.2. The number of aliphatic carboxylic acids is 1. The average molecular weight is 364 g/mol. The van der Waals surface area contributed by atoms with Crippen LogP contribution >= 0.6 is 0 Å². The normalized spacial score (nSPS) is 13.3. The highest BCUT2D eigenvalue weighted by atomic mass is 16.4. The van der Waals surface area contributed by atoms with Crippen LogP contribution in [0.5, 0.6) is 0 Å². The van der Waals surface area contributed by atoms with Crippen molar-refractivity contribution in [3.05, 3.63) is 59.9 Å². The standard InChI is InChI=1S/C19H20N6O2/c26-18(27)6-9-20-19-22-16(12-17(23-19)25-10-3-8-21-25)24-11-7-14-4-1-2-5-15(14)13-24/h1-5,8,10,12H,6-7,9,11,13H2,(H,26,27)(H,20,22,23). The largest absolute Gasteiger partial charge is 0.481 e. The van der Waals surface area contributed by atoms with Gasteiger partial charge in [0.25, 0.3) is 0 Å². The Bertz CT molecular complexity index is 941. The molecule has 0 saturated carbocycles. The number of hydrogen-bond donors (Lipinski definition) is 2. The Kier molecular flexibility index (Phi) is 4.69. The van der Waals surface area contributed by atoms with Crippen molar-refractivity contribution in [2.24, 2.45) is 0 Å². The molecular weight excluding hydrogens is 344 g/mol. The van der Waals surface area contributed by atoms with Crippen LogP contribution < -0.4 is 10.2 Å². The van der Waals surface area contributed by atoms with Crippen LogP contribution in [0.25, 0.3) is 5.82 Å². The van der Waals surface area contributed by atoms with Crippen LogP contribution in [-0.2, 0) is 17.8 Å². The average Bonchev–Trinajstić information content (AvgIpc) is 3.22. The Labute approximate surface area is 156 Å². The van der Waals surface area contributed by atoms with E-state index in [2.05, 4.69) is 49.5 Å². The Balaban J connectivity index is 1.63. The van der Waals surface area contributed by atoms with Crippen LogP contribution in [0.4, 0.5) is 11.8 Å². The van der Waals surface area contributed by atoms with Gasteiger partial charge < -0.3 is 15.3 Å². The van der Waals surface area contributed by atoms with E-state index in [1.165, 1.54) is 11.1 Å². The molecule has 1 aliphatic rings. The summed E-state index contributed by atoms with van der Waals surface area (Å²) in [4.78, 5) is 22.1. The second-order valence-corrected chi connectivity index (χ2v) is 6.37. The Hall–Kier alpha value is -3.42. The maximum atomic E-state index is 10.8. The maximum Gasteiger partial charge on any atom is 0.305 e. The van der Waals surface area contributed by atoms with Gasteiger partial charge in [-0.25, -0.2) is 4.68 Å². The van der Waals surface area contributed by atoms with Crippen LogP contribution in [0.15, 0.2) is 48.8 Å². The molecule has 2 N–H and O–H groups in total. The zero-order chi connectivity index (χ0) is 18.6. The van der Waals surface area contributed by atoms with Crippen LogP contribution in [0.2, 0.25) is 0 Å². The Morgan fingerprint density at radius 2 is 1.96 bits per heavy atom. The minimum absolute atomic E-state index is 0.00177. The van der Waals surface area contributed by atoms with Gasteiger partial charge in [-0.15, -0.1) is 0 Å². The number of aromatic nitrogens is 4. The second-order valence-electron chi connectivity index (χ2n) is 6.37. The molecule has 0 aliphatic carbocycles. The molecule has 0 fully saturated rings. The van der Waals surface area contributed by atoms with E-state index in [4.69, 9.17) is 5.11 Å². The Morgan fingerprint density at radius 1 is 1.15 bits per heavy atom. The summed E-state index contributed by atoms with van der Waals surface area (Å²) in [6.07, 6.45) is 4.47. The zero-order valence-corrected chi connectivity index (χ0v) is 14.7. The molecule has 8 heteroatoms. The van der Waals surface area contributed by atoms with E-state index in [-0.39, 0.29) is 13.0 Å². The molecule has 0 atom stereocenters. The lowest BCUT2D eigenvalue weighted by Crippen LogP contribution is -2.31. The molecule has 0 radical (unpaired) electrons. The lowest BCUT2D eigenvalue weighted by Gasteiger charge is -2.30. The predicted molar refractivity (Wildman–Crippen MR) is 101 cm³/mol. The number of carbonyl (C=O) groups is 1. The van der Waals surface area contributed by atoms with Crippen molar-refractivity contribution in [3.8, 4) is 5.82 Å². The van der Waals surface area contributed by atoms with Crippen molar-refractivity contribution in [1.29, 1.82) is 0 Å². The molecule has 0 unspecified atom stereocenters. The smallest absolute Gasteiger partial charge is 0.305 e. The van der Waals surface area contributed by atoms with Gasteiger partial charge in [0.1, 0.15) is 5.82 Å². The first kappa shape index (κ1) is 17.0. The number of nitrogens with one attached hydrogen (secondary N) is 1. The van der Waals surface area contributed by atoms with Gasteiger partial charge in [0.2, 0.25) is 5.95 Å². The third-order valence-electron chi connectivity index (χ3n) is 4.51. The summed E-state index contributed by atoms with van der Waals surface area (Å²) in [5.41, 5.74) is 2.67. The van der Waals surface area contributed by atoms with Gasteiger partial charge in [-0.1, -0.05) is 24.3 Å². The minimum Gasteiger partial charge on any atom is -0.481 e. The third kappa shape index (κ3) is 3.89. The van der Waals surface area contributed by atoms with Crippen LogP contribution in [-0.4, -0.2) is 43.9 Å². The van der Waals surface area contributed by atoms with Gasteiger partial charge in [0, 0.05) is 38.1 Å². The molecule has 3 aromatic rings. The molecule has 4 rings (SSSR count). The number of fused-ring (bicyclic) bond motifs is 1. The van der Waals surface area contributed by atoms with Gasteiger partial charge in [-0.3, -0.25) is 4.79 Å². The highest BCUT2D eigenvalue weighted by Gasteiger charge is 2.19. The minimum atomic E-state index is -0.862. The fraction of sp³-hybridized carbons (Fsp3) is 0.263. The Morgan fingerprint density at radius 3 is 2.74 bits per heavy atom. The van der Waals surface area contributed by atoms with Gasteiger partial charge in [-0.2, -0.15) is 15.1 Å². The van der Waals surface area contributed by atoms with Gasteiger partial charge >= 0.3 is 5.97 Å². The van der Waals surface area contributed by atoms with E-state index in [0.717, 1.165) is 25.3 Å². The number of carboxylic acid groups (broad SMARTS) is 1. The van der Waals surface area contributed by atoms with Gasteiger partial charge in [-0.05, 0) is 23.6 Å². The SMILES string of the molecule is O=C(O)CCNc1nc(N2CCc3ccccc3C2)cc(-n2cccn2)n1. The maximum absolute atomic E-state index is 10.8. The summed E-state index contributed by atoms with van der Waals surface area (Å²) in [5.74, 6) is 0.973. The van der Waals surface area contributed by atoms with E-state index >= 15 is 0 Å². The fourth-order valence-electron chi connectivity index (χ4n) is 3.16. The summed E-state index contributed by atoms with van der Waals surface area (Å²) in [6.45, 7) is 1.90. The summed E-state index contributed by atoms with van der Waals surface area (Å²) >= 11 is 0. The molecule has 1 aromatic carbocycles. The quantitative estimate of drug-likeness (QED) is 0.691. The highest BCUT2D eigenvalue weighted by Crippen LogP contribution is 2.25. The van der Waals surface area contributed by atoms with Gasteiger partial charge in [0.15, 0.2) is 5.82 Å². The summed E-state index contributed by atoms with van der Waals surface area (Å²) in [6, 6.07) is 12.2. The molecule has 138 valence electrons. The number of hydrogen-bond acceptors (Lipinski definition) is 6. The second kappa shape index (κ2) is 7.45. The molecule has 0 saturated heterocycles. The van der Waals surface area contributed by atoms with E-state index in [1.807, 2.05) is 18.3 Å². The van der Waals surface area contributed by atoms with Crippen molar-refractivity contribution >= 4 is 17.7 Å². The zero-order valence-electron chi connectivity index (χ0n) is 14.7. The van der Waals surface area contributed by atoms with E-state index in [0.29, 0.717) is 11.8 Å². The highest BCUT2D eigenvalue weighted by molar-refractivity contribution is 5.67. The van der Waals surface area contributed by atoms with E-state index < -0.39 is 5.97 Å². The van der Waals surface area contributed by atoms with Crippen molar-refractivity contribution in [2.45, 2.75) is 19.4 Å². The molecule has 8 nitrogen and oxygen atoms in total. The number of nitrogens with zero attached hydrogens (tertiary/aromatic N) is 5. The summed E-state index contributed by atoms with van der Waals surface area (Å²) < 4.78 is 1.67. The van der Waals surface area contributed by atoms with Crippen LogP contribution in [0.1, 0.15) is 17.5 Å². The number of benzene rings is 1. The molecule has 2 aromatic heterocycles.